The molecule has 2 rings (SSSR count). The van der Waals surface area contributed by atoms with Crippen molar-refractivity contribution >= 4 is 5.95 Å². The van der Waals surface area contributed by atoms with Crippen molar-refractivity contribution in [1.82, 2.24) is 10.1 Å². The number of hydrogen-bond acceptors (Lipinski definition) is 5. The third-order valence-corrected chi connectivity index (χ3v) is 2.80. The van der Waals surface area contributed by atoms with Crippen LogP contribution in [0.2, 0.25) is 0 Å². The third kappa shape index (κ3) is 2.80. The Labute approximate surface area is 106 Å². The zero-order valence-electron chi connectivity index (χ0n) is 10.6. The van der Waals surface area contributed by atoms with Gasteiger partial charge >= 0.3 is 0 Å². The minimum absolute atomic E-state index is 0.258. The van der Waals surface area contributed by atoms with E-state index >= 15 is 0 Å². The molecule has 0 spiro atoms. The predicted molar refractivity (Wildman–Crippen MR) is 68.8 cm³/mol. The molecule has 0 saturated carbocycles. The summed E-state index contributed by atoms with van der Waals surface area (Å²) in [6, 6.07) is 6.99. The third-order valence-electron chi connectivity index (χ3n) is 2.80. The summed E-state index contributed by atoms with van der Waals surface area (Å²) in [5, 5.41) is 13.2. The summed E-state index contributed by atoms with van der Waals surface area (Å²) in [5.74, 6) is 1.48. The molecule has 0 aliphatic heterocycles. The van der Waals surface area contributed by atoms with Gasteiger partial charge in [-0.1, -0.05) is 12.1 Å². The van der Waals surface area contributed by atoms with Crippen molar-refractivity contribution in [3.63, 3.8) is 0 Å². The van der Waals surface area contributed by atoms with E-state index in [4.69, 9.17) is 4.52 Å². The maximum absolute atomic E-state index is 9.21. The van der Waals surface area contributed by atoms with E-state index in [0.29, 0.717) is 18.3 Å². The van der Waals surface area contributed by atoms with E-state index in [0.717, 1.165) is 18.7 Å². The summed E-state index contributed by atoms with van der Waals surface area (Å²) >= 11 is 0. The molecule has 0 unspecified atom stereocenters. The lowest BCUT2D eigenvalue weighted by Crippen LogP contribution is -2.22. The van der Waals surface area contributed by atoms with Gasteiger partial charge in [0.05, 0.1) is 6.42 Å². The van der Waals surface area contributed by atoms with Crippen molar-refractivity contribution in [3.05, 3.63) is 35.7 Å². The number of anilines is 1. The number of rotatable bonds is 5. The molecular weight excluding hydrogens is 230 g/mol. The second-order valence-electron chi connectivity index (χ2n) is 4.00. The van der Waals surface area contributed by atoms with E-state index < -0.39 is 0 Å². The molecule has 0 amide bonds. The number of aromatic hydroxyl groups is 1. The minimum atomic E-state index is 0.258. The molecule has 0 aliphatic carbocycles. The van der Waals surface area contributed by atoms with Gasteiger partial charge in [-0.2, -0.15) is 4.98 Å². The fourth-order valence-corrected chi connectivity index (χ4v) is 1.74. The molecule has 5 nitrogen and oxygen atoms in total. The molecule has 1 heterocycles. The Morgan fingerprint density at radius 1 is 1.17 bits per heavy atom. The van der Waals surface area contributed by atoms with Crippen molar-refractivity contribution in [2.24, 2.45) is 0 Å². The van der Waals surface area contributed by atoms with E-state index in [1.165, 1.54) is 0 Å². The molecule has 0 saturated heterocycles. The van der Waals surface area contributed by atoms with Gasteiger partial charge in [0.1, 0.15) is 5.75 Å². The molecule has 18 heavy (non-hydrogen) atoms. The Morgan fingerprint density at radius 2 is 1.83 bits per heavy atom. The van der Waals surface area contributed by atoms with Crippen molar-refractivity contribution in [2.45, 2.75) is 20.3 Å². The normalized spacial score (nSPS) is 10.6. The van der Waals surface area contributed by atoms with Gasteiger partial charge < -0.3 is 14.5 Å². The Bertz CT molecular complexity index is 489. The zero-order valence-corrected chi connectivity index (χ0v) is 10.6. The largest absolute Gasteiger partial charge is 0.508 e. The molecule has 5 heteroatoms. The molecular formula is C13H17N3O2. The van der Waals surface area contributed by atoms with E-state index in [9.17, 15) is 5.11 Å². The van der Waals surface area contributed by atoms with Gasteiger partial charge in [-0.05, 0) is 36.7 Å². The zero-order chi connectivity index (χ0) is 13.0. The van der Waals surface area contributed by atoms with E-state index in [1.807, 2.05) is 17.0 Å². The lowest BCUT2D eigenvalue weighted by atomic mass is 10.1. The Morgan fingerprint density at radius 3 is 2.44 bits per heavy atom. The molecule has 0 bridgehead atoms. The molecule has 96 valence electrons. The van der Waals surface area contributed by atoms with E-state index in [2.05, 4.69) is 24.0 Å². The summed E-state index contributed by atoms with van der Waals surface area (Å²) < 4.78 is 5.22. The molecule has 0 fully saturated rings. The summed E-state index contributed by atoms with van der Waals surface area (Å²) in [4.78, 5) is 6.39. The maximum atomic E-state index is 9.21. The second kappa shape index (κ2) is 5.53. The van der Waals surface area contributed by atoms with Crippen LogP contribution in [-0.2, 0) is 6.42 Å². The summed E-state index contributed by atoms with van der Waals surface area (Å²) in [7, 11) is 0. The van der Waals surface area contributed by atoms with Gasteiger partial charge in [0.25, 0.3) is 5.95 Å². The van der Waals surface area contributed by atoms with Crippen LogP contribution < -0.4 is 4.90 Å². The quantitative estimate of drug-likeness (QED) is 0.877. The molecule has 0 aliphatic rings. The fourth-order valence-electron chi connectivity index (χ4n) is 1.74. The summed E-state index contributed by atoms with van der Waals surface area (Å²) in [6.07, 6.45) is 0.578. The molecule has 2 aromatic rings. The highest BCUT2D eigenvalue weighted by atomic mass is 16.5. The smallest absolute Gasteiger partial charge is 0.266 e. The predicted octanol–water partition coefficient (Wildman–Crippen LogP) is 2.21. The number of hydrogen-bond donors (Lipinski definition) is 1. The lowest BCUT2D eigenvalue weighted by molar-refractivity contribution is 0.384. The second-order valence-corrected chi connectivity index (χ2v) is 4.00. The molecule has 1 N–H and O–H groups in total. The standard InChI is InChI=1S/C13H17N3O2/c1-3-16(4-2)13-14-12(18-15-13)9-10-5-7-11(17)8-6-10/h5-8,17H,3-4,9H2,1-2H3. The first-order chi connectivity index (χ1) is 8.72. The van der Waals surface area contributed by atoms with E-state index in [-0.39, 0.29) is 5.75 Å². The number of phenols is 1. The van der Waals surface area contributed by atoms with Crippen LogP contribution in [0.4, 0.5) is 5.95 Å². The van der Waals surface area contributed by atoms with Crippen LogP contribution in [0.25, 0.3) is 0 Å². The Kier molecular flexibility index (Phi) is 3.82. The average molecular weight is 247 g/mol. The van der Waals surface area contributed by atoms with Gasteiger partial charge in [0.2, 0.25) is 5.89 Å². The fraction of sp³-hybridized carbons (Fsp3) is 0.385. The Hall–Kier alpha value is -2.04. The van der Waals surface area contributed by atoms with Gasteiger partial charge in [-0.25, -0.2) is 0 Å². The summed E-state index contributed by atoms with van der Waals surface area (Å²) in [5.41, 5.74) is 1.03. The topological polar surface area (TPSA) is 62.4 Å². The molecule has 0 radical (unpaired) electrons. The van der Waals surface area contributed by atoms with Gasteiger partial charge in [-0.3, -0.25) is 0 Å². The Balaban J connectivity index is 2.08. The van der Waals surface area contributed by atoms with Crippen LogP contribution in [-0.4, -0.2) is 28.3 Å². The van der Waals surface area contributed by atoms with Crippen molar-refractivity contribution < 1.29 is 9.63 Å². The van der Waals surface area contributed by atoms with Crippen LogP contribution in [0, 0.1) is 0 Å². The first-order valence-corrected chi connectivity index (χ1v) is 6.08. The first kappa shape index (κ1) is 12.4. The van der Waals surface area contributed by atoms with Gasteiger partial charge in [0.15, 0.2) is 0 Å². The van der Waals surface area contributed by atoms with Crippen LogP contribution >= 0.6 is 0 Å². The highest BCUT2D eigenvalue weighted by molar-refractivity contribution is 5.30. The summed E-state index contributed by atoms with van der Waals surface area (Å²) in [6.45, 7) is 5.82. The maximum Gasteiger partial charge on any atom is 0.266 e. The average Bonchev–Trinajstić information content (AvgIpc) is 2.82. The van der Waals surface area contributed by atoms with Crippen molar-refractivity contribution in [1.29, 1.82) is 0 Å². The van der Waals surface area contributed by atoms with Crippen LogP contribution in [0.1, 0.15) is 25.3 Å². The highest BCUT2D eigenvalue weighted by Crippen LogP contribution is 2.15. The van der Waals surface area contributed by atoms with Crippen LogP contribution in [0.3, 0.4) is 0 Å². The molecule has 1 aromatic carbocycles. The lowest BCUT2D eigenvalue weighted by Gasteiger charge is -2.14. The molecule has 1 aromatic heterocycles. The van der Waals surface area contributed by atoms with Crippen molar-refractivity contribution in [3.8, 4) is 5.75 Å². The monoisotopic (exact) mass is 247 g/mol. The van der Waals surface area contributed by atoms with Crippen LogP contribution in [0.5, 0.6) is 5.75 Å². The molecule has 0 atom stereocenters. The van der Waals surface area contributed by atoms with Gasteiger partial charge in [-0.15, -0.1) is 0 Å². The first-order valence-electron chi connectivity index (χ1n) is 6.08. The minimum Gasteiger partial charge on any atom is -0.508 e. The number of nitrogens with zero attached hydrogens (tertiary/aromatic N) is 3. The number of phenolic OH excluding ortho intramolecular Hbond substituents is 1. The SMILES string of the molecule is CCN(CC)c1noc(Cc2ccc(O)cc2)n1. The van der Waals surface area contributed by atoms with Crippen molar-refractivity contribution in [2.75, 3.05) is 18.0 Å². The number of benzene rings is 1. The van der Waals surface area contributed by atoms with Crippen LogP contribution in [0.15, 0.2) is 28.8 Å². The number of aromatic nitrogens is 2. The van der Waals surface area contributed by atoms with Gasteiger partial charge in [0, 0.05) is 13.1 Å². The van der Waals surface area contributed by atoms with E-state index in [1.54, 1.807) is 12.1 Å². The highest BCUT2D eigenvalue weighted by Gasteiger charge is 2.11.